The fraction of sp³-hybridized carbons (Fsp3) is 0.333. The summed E-state index contributed by atoms with van der Waals surface area (Å²) in [5.41, 5.74) is 4.03. The highest BCUT2D eigenvalue weighted by Crippen LogP contribution is 2.39. The molecule has 1 N–H and O–H groups in total. The summed E-state index contributed by atoms with van der Waals surface area (Å²) in [5.74, 6) is 1.66. The molecule has 0 unspecified atom stereocenters. The lowest BCUT2D eigenvalue weighted by molar-refractivity contribution is 0.413. The van der Waals surface area contributed by atoms with Crippen LogP contribution in [0.25, 0.3) is 0 Å². The van der Waals surface area contributed by atoms with Gasteiger partial charge in [0.25, 0.3) is 0 Å². The molecule has 0 aliphatic carbocycles. The maximum absolute atomic E-state index is 5.65. The van der Waals surface area contributed by atoms with Gasteiger partial charge in [-0.3, -0.25) is 0 Å². The van der Waals surface area contributed by atoms with Gasteiger partial charge in [-0.15, -0.1) is 0 Å². The number of nitrogens with one attached hydrogen (secondary N) is 1. The van der Waals surface area contributed by atoms with Gasteiger partial charge < -0.3 is 15.0 Å². The number of benzene rings is 2. The predicted molar refractivity (Wildman–Crippen MR) is 114 cm³/mol. The van der Waals surface area contributed by atoms with Crippen molar-refractivity contribution in [3.63, 3.8) is 0 Å². The Bertz CT molecular complexity index is 857. The van der Waals surface area contributed by atoms with Crippen LogP contribution in [0.2, 0.25) is 0 Å². The van der Waals surface area contributed by atoms with E-state index in [-0.39, 0.29) is 5.54 Å². The van der Waals surface area contributed by atoms with Crippen LogP contribution in [0.3, 0.4) is 0 Å². The highest BCUT2D eigenvalue weighted by Gasteiger charge is 2.44. The Hall–Kier alpha value is -2.40. The van der Waals surface area contributed by atoms with Gasteiger partial charge in [0.15, 0.2) is 0 Å². The average Bonchev–Trinajstić information content (AvgIpc) is 2.88. The SMILES string of the molecule is CC[C@@]1(C)C(Nc2c(C)cccc2C)=NC(=S)N1c1ccccc1OC. The van der Waals surface area contributed by atoms with E-state index in [9.17, 15) is 0 Å². The third kappa shape index (κ3) is 2.97. The zero-order valence-electron chi connectivity index (χ0n) is 16.0. The van der Waals surface area contributed by atoms with Crippen molar-refractivity contribution in [3.05, 3.63) is 53.6 Å². The smallest absolute Gasteiger partial charge is 0.202 e. The lowest BCUT2D eigenvalue weighted by Gasteiger charge is -2.37. The van der Waals surface area contributed by atoms with Crippen molar-refractivity contribution in [2.24, 2.45) is 4.99 Å². The highest BCUT2D eigenvalue weighted by molar-refractivity contribution is 7.80. The van der Waals surface area contributed by atoms with Crippen LogP contribution in [0.4, 0.5) is 11.4 Å². The van der Waals surface area contributed by atoms with Crippen molar-refractivity contribution in [3.8, 4) is 5.75 Å². The molecule has 0 saturated carbocycles. The fourth-order valence-electron chi connectivity index (χ4n) is 3.38. The fourth-order valence-corrected chi connectivity index (χ4v) is 3.78. The zero-order valence-corrected chi connectivity index (χ0v) is 16.8. The quantitative estimate of drug-likeness (QED) is 0.763. The summed E-state index contributed by atoms with van der Waals surface area (Å²) >= 11 is 5.65. The van der Waals surface area contributed by atoms with Crippen molar-refractivity contribution in [2.45, 2.75) is 39.7 Å². The van der Waals surface area contributed by atoms with E-state index in [2.05, 4.69) is 56.1 Å². The van der Waals surface area contributed by atoms with Crippen LogP contribution < -0.4 is 15.0 Å². The Kier molecular flexibility index (Phi) is 5.01. The first-order valence-corrected chi connectivity index (χ1v) is 9.22. The molecule has 26 heavy (non-hydrogen) atoms. The van der Waals surface area contributed by atoms with E-state index in [1.165, 1.54) is 11.1 Å². The molecule has 0 saturated heterocycles. The Morgan fingerprint density at radius 3 is 2.38 bits per heavy atom. The first-order valence-electron chi connectivity index (χ1n) is 8.82. The van der Waals surface area contributed by atoms with E-state index in [1.807, 2.05) is 24.3 Å². The number of nitrogens with zero attached hydrogens (tertiary/aromatic N) is 2. The number of ether oxygens (including phenoxy) is 1. The summed E-state index contributed by atoms with van der Waals surface area (Å²) in [5, 5.41) is 4.12. The number of thiocarbonyl (C=S) groups is 1. The van der Waals surface area contributed by atoms with Gasteiger partial charge >= 0.3 is 0 Å². The molecule has 5 heteroatoms. The molecule has 1 heterocycles. The summed E-state index contributed by atoms with van der Waals surface area (Å²) in [6, 6.07) is 14.2. The molecular weight excluding hydrogens is 342 g/mol. The first kappa shape index (κ1) is 18.4. The van der Waals surface area contributed by atoms with Crippen molar-refractivity contribution >= 4 is 34.5 Å². The standard InChI is InChI=1S/C21H25N3OS/c1-6-21(4)19(22-18-14(2)10-9-11-15(18)3)23-20(26)24(21)16-12-7-8-13-17(16)25-5/h7-13H,6H2,1-5H3,(H,22,23,26)/t21-/m0/s1. The van der Waals surface area contributed by atoms with Crippen LogP contribution in [-0.4, -0.2) is 23.6 Å². The monoisotopic (exact) mass is 367 g/mol. The number of aliphatic imine (C=N–C) groups is 1. The minimum atomic E-state index is -0.375. The van der Waals surface area contributed by atoms with Gasteiger partial charge in [-0.25, -0.2) is 4.99 Å². The van der Waals surface area contributed by atoms with Gasteiger partial charge in [-0.05, 0) is 62.7 Å². The summed E-state index contributed by atoms with van der Waals surface area (Å²) in [6.07, 6.45) is 0.849. The first-order chi connectivity index (χ1) is 12.4. The van der Waals surface area contributed by atoms with Crippen molar-refractivity contribution in [1.29, 1.82) is 0 Å². The molecule has 1 aliphatic heterocycles. The van der Waals surface area contributed by atoms with Crippen LogP contribution in [0.5, 0.6) is 5.75 Å². The molecular formula is C21H25N3OS. The number of anilines is 2. The molecule has 136 valence electrons. The lowest BCUT2D eigenvalue weighted by atomic mass is 9.94. The molecule has 0 radical (unpaired) electrons. The van der Waals surface area contributed by atoms with E-state index in [1.54, 1.807) is 7.11 Å². The molecule has 0 bridgehead atoms. The Morgan fingerprint density at radius 1 is 1.12 bits per heavy atom. The van der Waals surface area contributed by atoms with Crippen LogP contribution in [0.15, 0.2) is 47.5 Å². The molecule has 0 aromatic heterocycles. The molecule has 2 aromatic rings. The Labute approximate surface area is 160 Å². The van der Waals surface area contributed by atoms with Crippen molar-refractivity contribution < 1.29 is 4.74 Å². The molecule has 4 nitrogen and oxygen atoms in total. The topological polar surface area (TPSA) is 36.9 Å². The minimum Gasteiger partial charge on any atom is -0.495 e. The second-order valence-electron chi connectivity index (χ2n) is 6.77. The van der Waals surface area contributed by atoms with Gasteiger partial charge in [-0.2, -0.15) is 0 Å². The average molecular weight is 368 g/mol. The highest BCUT2D eigenvalue weighted by atomic mass is 32.1. The largest absolute Gasteiger partial charge is 0.495 e. The number of aryl methyl sites for hydroxylation is 2. The maximum atomic E-state index is 5.65. The number of para-hydroxylation sites is 3. The normalized spacial score (nSPS) is 19.5. The second-order valence-corrected chi connectivity index (χ2v) is 7.13. The molecule has 1 atom stereocenters. The van der Waals surface area contributed by atoms with Crippen LogP contribution in [-0.2, 0) is 0 Å². The second kappa shape index (κ2) is 7.08. The van der Waals surface area contributed by atoms with Crippen LogP contribution in [0.1, 0.15) is 31.4 Å². The number of rotatable bonds is 4. The maximum Gasteiger partial charge on any atom is 0.202 e. The predicted octanol–water partition coefficient (Wildman–Crippen LogP) is 5.10. The van der Waals surface area contributed by atoms with Crippen molar-refractivity contribution in [2.75, 3.05) is 17.3 Å². The van der Waals surface area contributed by atoms with Gasteiger partial charge in [0.05, 0.1) is 12.8 Å². The summed E-state index contributed by atoms with van der Waals surface area (Å²) in [4.78, 5) is 6.82. The number of hydrogen-bond acceptors (Lipinski definition) is 3. The van der Waals surface area contributed by atoms with Crippen molar-refractivity contribution in [1.82, 2.24) is 0 Å². The number of methoxy groups -OCH3 is 1. The summed E-state index contributed by atoms with van der Waals surface area (Å²) in [7, 11) is 1.68. The van der Waals surface area contributed by atoms with Gasteiger partial charge in [0, 0.05) is 5.69 Å². The molecule has 2 aromatic carbocycles. The number of hydrogen-bond donors (Lipinski definition) is 1. The van der Waals surface area contributed by atoms with E-state index in [0.717, 1.165) is 29.4 Å². The molecule has 0 fully saturated rings. The minimum absolute atomic E-state index is 0.375. The molecule has 0 spiro atoms. The Balaban J connectivity index is 2.04. The van der Waals surface area contributed by atoms with E-state index in [4.69, 9.17) is 21.9 Å². The van der Waals surface area contributed by atoms with Gasteiger partial charge in [0.1, 0.15) is 17.1 Å². The summed E-state index contributed by atoms with van der Waals surface area (Å²) < 4.78 is 5.56. The lowest BCUT2D eigenvalue weighted by Crippen LogP contribution is -2.51. The molecule has 3 rings (SSSR count). The van der Waals surface area contributed by atoms with E-state index >= 15 is 0 Å². The summed E-state index contributed by atoms with van der Waals surface area (Å²) in [6.45, 7) is 8.52. The molecule has 1 aliphatic rings. The number of amidine groups is 1. The molecule has 0 amide bonds. The van der Waals surface area contributed by atoms with Crippen LogP contribution in [0, 0.1) is 13.8 Å². The van der Waals surface area contributed by atoms with Gasteiger partial charge in [0.2, 0.25) is 5.11 Å². The third-order valence-electron chi connectivity index (χ3n) is 5.14. The van der Waals surface area contributed by atoms with E-state index < -0.39 is 0 Å². The Morgan fingerprint density at radius 2 is 1.77 bits per heavy atom. The van der Waals surface area contributed by atoms with E-state index in [0.29, 0.717) is 5.11 Å². The zero-order chi connectivity index (χ0) is 18.9. The van der Waals surface area contributed by atoms with Crippen LogP contribution >= 0.6 is 12.2 Å². The van der Waals surface area contributed by atoms with Gasteiger partial charge in [-0.1, -0.05) is 37.3 Å². The third-order valence-corrected chi connectivity index (χ3v) is 5.42.